The van der Waals surface area contributed by atoms with E-state index in [0.29, 0.717) is 20.9 Å². The Balaban J connectivity index is 2.16. The number of nitrogens with one attached hydrogen (secondary N) is 1. The summed E-state index contributed by atoms with van der Waals surface area (Å²) in [4.78, 5) is 17.7. The second-order valence-electron chi connectivity index (χ2n) is 4.03. The number of halogens is 2. The van der Waals surface area contributed by atoms with Gasteiger partial charge in [0.15, 0.2) is 5.71 Å². The molecule has 0 saturated heterocycles. The van der Waals surface area contributed by atoms with Crippen molar-refractivity contribution in [1.29, 1.82) is 0 Å². The summed E-state index contributed by atoms with van der Waals surface area (Å²) in [5.74, 6) is -1.29. The van der Waals surface area contributed by atoms with E-state index in [1.54, 1.807) is 23.6 Å². The molecule has 0 unspecified atom stereocenters. The zero-order valence-corrected chi connectivity index (χ0v) is 13.6. The zero-order chi connectivity index (χ0) is 16.8. The Bertz CT molecular complexity index is 816. The molecule has 1 aromatic carbocycles. The summed E-state index contributed by atoms with van der Waals surface area (Å²) in [5.41, 5.74) is 11.8. The Morgan fingerprint density at radius 2 is 2.22 bits per heavy atom. The number of anilines is 1. The molecule has 0 fully saturated rings. The number of carboxylic acids is 1. The minimum Gasteiger partial charge on any atom is -0.477 e. The first kappa shape index (κ1) is 17.0. The molecule has 0 amide bonds. The number of hydrogen-bond donors (Lipinski definition) is 2. The predicted octanol–water partition coefficient (Wildman–Crippen LogP) is 4.28. The number of benzene rings is 1. The molecule has 0 aliphatic heterocycles. The Kier molecular flexibility index (Phi) is 5.78. The molecule has 2 N–H and O–H groups in total. The monoisotopic (exact) mass is 370 g/mol. The zero-order valence-electron chi connectivity index (χ0n) is 11.3. The highest BCUT2D eigenvalue weighted by atomic mass is 35.5. The number of aliphatic carboxylic acids is 1. The van der Waals surface area contributed by atoms with Crippen molar-refractivity contribution in [3.8, 4) is 11.3 Å². The van der Waals surface area contributed by atoms with Crippen molar-refractivity contribution >= 4 is 51.4 Å². The van der Waals surface area contributed by atoms with Gasteiger partial charge in [-0.15, -0.1) is 11.3 Å². The van der Waals surface area contributed by atoms with E-state index in [2.05, 4.69) is 25.5 Å². The fraction of sp³-hybridized carbons (Fsp3) is 0.0833. The molecule has 0 atom stereocenters. The van der Waals surface area contributed by atoms with Crippen molar-refractivity contribution in [1.82, 2.24) is 4.98 Å². The van der Waals surface area contributed by atoms with E-state index in [-0.39, 0.29) is 12.3 Å². The van der Waals surface area contributed by atoms with Crippen LogP contribution in [-0.2, 0) is 4.79 Å². The molecule has 0 spiro atoms. The lowest BCUT2D eigenvalue weighted by atomic mass is 10.2. The Morgan fingerprint density at radius 1 is 1.43 bits per heavy atom. The van der Waals surface area contributed by atoms with Crippen molar-refractivity contribution < 1.29 is 9.90 Å². The molecular formula is C12H8Cl2N6O2S. The normalized spacial score (nSPS) is 11.0. The van der Waals surface area contributed by atoms with E-state index in [0.717, 1.165) is 5.56 Å². The molecule has 0 aliphatic rings. The second-order valence-corrected chi connectivity index (χ2v) is 5.70. The van der Waals surface area contributed by atoms with Gasteiger partial charge in [0.05, 0.1) is 22.3 Å². The van der Waals surface area contributed by atoms with Gasteiger partial charge < -0.3 is 5.11 Å². The third kappa shape index (κ3) is 4.57. The molecule has 23 heavy (non-hydrogen) atoms. The third-order valence-corrected chi connectivity index (χ3v) is 4.02. The van der Waals surface area contributed by atoms with Crippen LogP contribution in [0.3, 0.4) is 0 Å². The highest BCUT2D eigenvalue weighted by Crippen LogP contribution is 2.30. The van der Waals surface area contributed by atoms with Gasteiger partial charge in [0.1, 0.15) is 0 Å². The molecule has 2 aromatic rings. The molecule has 0 aliphatic carbocycles. The van der Waals surface area contributed by atoms with Gasteiger partial charge in [-0.1, -0.05) is 34.4 Å². The molecule has 8 nitrogen and oxygen atoms in total. The van der Waals surface area contributed by atoms with E-state index in [4.69, 9.17) is 33.8 Å². The molecule has 1 aromatic heterocycles. The van der Waals surface area contributed by atoms with Crippen molar-refractivity contribution in [3.05, 3.63) is 44.1 Å². The van der Waals surface area contributed by atoms with Crippen molar-refractivity contribution in [3.63, 3.8) is 0 Å². The first-order valence-electron chi connectivity index (χ1n) is 5.99. The van der Waals surface area contributed by atoms with Gasteiger partial charge >= 0.3 is 5.97 Å². The highest BCUT2D eigenvalue weighted by Gasteiger charge is 2.10. The number of hydrazone groups is 1. The first-order chi connectivity index (χ1) is 11.0. The molecular weight excluding hydrogens is 363 g/mol. The number of carboxylic acid groups (broad SMARTS) is 1. The molecule has 2 rings (SSSR count). The Labute approximate surface area is 144 Å². The number of thiazole rings is 1. The van der Waals surface area contributed by atoms with Crippen LogP contribution < -0.4 is 5.43 Å². The van der Waals surface area contributed by atoms with E-state index in [1.165, 1.54) is 11.3 Å². The Hall–Kier alpha value is -2.32. The number of nitrogens with zero attached hydrogens (tertiary/aromatic N) is 5. The van der Waals surface area contributed by atoms with Crippen LogP contribution in [-0.4, -0.2) is 28.3 Å². The van der Waals surface area contributed by atoms with E-state index >= 15 is 0 Å². The summed E-state index contributed by atoms with van der Waals surface area (Å²) < 4.78 is 0. The smallest absolute Gasteiger partial charge is 0.352 e. The van der Waals surface area contributed by atoms with Crippen LogP contribution in [0.15, 0.2) is 33.8 Å². The lowest BCUT2D eigenvalue weighted by Crippen LogP contribution is -2.17. The topological polar surface area (TPSA) is 123 Å². The molecule has 1 heterocycles. The predicted molar refractivity (Wildman–Crippen MR) is 90.3 cm³/mol. The quantitative estimate of drug-likeness (QED) is 0.259. The fourth-order valence-corrected chi connectivity index (χ4v) is 2.44. The Morgan fingerprint density at radius 3 is 2.87 bits per heavy atom. The molecule has 118 valence electrons. The van der Waals surface area contributed by atoms with Gasteiger partial charge in [-0.25, -0.2) is 9.78 Å². The average Bonchev–Trinajstić information content (AvgIpc) is 2.98. The highest BCUT2D eigenvalue weighted by molar-refractivity contribution is 7.14. The summed E-state index contributed by atoms with van der Waals surface area (Å²) in [7, 11) is 0. The maximum atomic E-state index is 10.9. The summed E-state index contributed by atoms with van der Waals surface area (Å²) in [6.45, 7) is -0.371. The largest absolute Gasteiger partial charge is 0.477 e. The standard InChI is InChI=1S/C12H8Cl2N6O2S/c13-7-2-1-6(3-8(7)14)10-5-23-12(17-10)19-18-9(11(21)22)4-16-20-15/h1-3,5H,4H2,(H,17,19)(H,21,22)/b18-9+. The van der Waals surface area contributed by atoms with Gasteiger partial charge in [0.25, 0.3) is 0 Å². The SMILES string of the molecule is [N-]=[N+]=NC/C(=N\Nc1nc(-c2ccc(Cl)c(Cl)c2)cs1)C(=O)O. The van der Waals surface area contributed by atoms with Crippen LogP contribution in [0.5, 0.6) is 0 Å². The van der Waals surface area contributed by atoms with Crippen molar-refractivity contribution in [2.45, 2.75) is 0 Å². The first-order valence-corrected chi connectivity index (χ1v) is 7.62. The average molecular weight is 371 g/mol. The van der Waals surface area contributed by atoms with Crippen LogP contribution in [0.4, 0.5) is 5.13 Å². The van der Waals surface area contributed by atoms with E-state index in [1.807, 2.05) is 0 Å². The van der Waals surface area contributed by atoms with Gasteiger partial charge in [-0.05, 0) is 17.7 Å². The molecule has 0 saturated carbocycles. The van der Waals surface area contributed by atoms with Gasteiger partial charge in [0.2, 0.25) is 5.13 Å². The minimum atomic E-state index is -1.29. The van der Waals surface area contributed by atoms with Crippen molar-refractivity contribution in [2.75, 3.05) is 12.0 Å². The number of carbonyl (C=O) groups is 1. The maximum Gasteiger partial charge on any atom is 0.352 e. The lowest BCUT2D eigenvalue weighted by Gasteiger charge is -2.00. The van der Waals surface area contributed by atoms with Crippen LogP contribution in [0.1, 0.15) is 0 Å². The van der Waals surface area contributed by atoms with E-state index in [9.17, 15) is 4.79 Å². The van der Waals surface area contributed by atoms with Crippen LogP contribution in [0, 0.1) is 0 Å². The number of aromatic nitrogens is 1. The summed E-state index contributed by atoms with van der Waals surface area (Å²) in [6, 6.07) is 5.10. The fourth-order valence-electron chi connectivity index (χ4n) is 1.48. The summed E-state index contributed by atoms with van der Waals surface area (Å²) >= 11 is 13.0. The molecule has 0 radical (unpaired) electrons. The van der Waals surface area contributed by atoms with Gasteiger partial charge in [0, 0.05) is 15.9 Å². The number of rotatable bonds is 6. The lowest BCUT2D eigenvalue weighted by molar-refractivity contribution is -0.129. The summed E-state index contributed by atoms with van der Waals surface area (Å²) in [5, 5.41) is 18.7. The minimum absolute atomic E-state index is 0.325. The second kappa shape index (κ2) is 7.80. The molecule has 11 heteroatoms. The third-order valence-electron chi connectivity index (χ3n) is 2.54. The van der Waals surface area contributed by atoms with Crippen LogP contribution in [0.25, 0.3) is 21.7 Å². The van der Waals surface area contributed by atoms with Gasteiger partial charge in [-0.2, -0.15) is 5.10 Å². The maximum absolute atomic E-state index is 10.9. The number of azide groups is 1. The van der Waals surface area contributed by atoms with Gasteiger partial charge in [-0.3, -0.25) is 5.43 Å². The molecule has 0 bridgehead atoms. The summed E-state index contributed by atoms with van der Waals surface area (Å²) in [6.07, 6.45) is 0. The van der Waals surface area contributed by atoms with Crippen molar-refractivity contribution in [2.24, 2.45) is 10.2 Å². The number of hydrogen-bond acceptors (Lipinski definition) is 6. The van der Waals surface area contributed by atoms with E-state index < -0.39 is 5.97 Å². The van der Waals surface area contributed by atoms with Crippen LogP contribution >= 0.6 is 34.5 Å². The van der Waals surface area contributed by atoms with Crippen LogP contribution in [0.2, 0.25) is 10.0 Å².